The molecule has 1 aromatic heterocycles. The first-order chi connectivity index (χ1) is 11.4. The van der Waals surface area contributed by atoms with Crippen LogP contribution in [-0.2, 0) is 0 Å². The van der Waals surface area contributed by atoms with Crippen molar-refractivity contribution in [2.75, 3.05) is 44.7 Å². The first-order valence-electron chi connectivity index (χ1n) is 9.07. The minimum absolute atomic E-state index is 0.509. The second kappa shape index (κ2) is 9.84. The van der Waals surface area contributed by atoms with Crippen molar-refractivity contribution in [3.05, 3.63) is 18.3 Å². The van der Waals surface area contributed by atoms with Crippen molar-refractivity contribution in [3.8, 4) is 5.88 Å². The molecule has 0 bridgehead atoms. The van der Waals surface area contributed by atoms with Crippen LogP contribution >= 0.6 is 0 Å². The van der Waals surface area contributed by atoms with E-state index in [2.05, 4.69) is 27.8 Å². The lowest BCUT2D eigenvalue weighted by Crippen LogP contribution is -2.48. The predicted octanol–water partition coefficient (Wildman–Crippen LogP) is 3.04. The maximum atomic E-state index is 9.91. The summed E-state index contributed by atoms with van der Waals surface area (Å²) in [5.41, 5.74) is 0.584. The molecule has 1 saturated heterocycles. The van der Waals surface area contributed by atoms with E-state index in [1.807, 2.05) is 40.0 Å². The van der Waals surface area contributed by atoms with Crippen molar-refractivity contribution in [1.29, 1.82) is 0 Å². The van der Waals surface area contributed by atoms with Gasteiger partial charge in [-0.25, -0.2) is 4.98 Å². The van der Waals surface area contributed by atoms with Crippen molar-refractivity contribution in [2.45, 2.75) is 46.6 Å². The van der Waals surface area contributed by atoms with Crippen LogP contribution in [0.25, 0.3) is 0 Å². The normalized spacial score (nSPS) is 17.0. The predicted molar refractivity (Wildman–Crippen MR) is 101 cm³/mol. The molecular weight excluding hydrogens is 302 g/mol. The van der Waals surface area contributed by atoms with E-state index in [1.54, 1.807) is 7.11 Å². The molecule has 24 heavy (non-hydrogen) atoms. The first-order valence-corrected chi connectivity index (χ1v) is 9.07. The average molecular weight is 338 g/mol. The van der Waals surface area contributed by atoms with E-state index in [4.69, 9.17) is 4.74 Å². The topological polar surface area (TPSA) is 48.8 Å². The number of nitrogens with zero attached hydrogens (tertiary/aromatic N) is 3. The highest BCUT2D eigenvalue weighted by Crippen LogP contribution is 2.20. The van der Waals surface area contributed by atoms with Crippen LogP contribution in [-0.4, -0.2) is 60.4 Å². The molecule has 0 saturated carbocycles. The lowest BCUT2D eigenvalue weighted by atomic mass is 9.94. The zero-order valence-corrected chi connectivity index (χ0v) is 16.2. The number of ether oxygens (including phenoxy) is 1. The summed E-state index contributed by atoms with van der Waals surface area (Å²) in [7, 11) is 1.63. The van der Waals surface area contributed by atoms with Crippen LogP contribution in [0, 0.1) is 5.92 Å². The summed E-state index contributed by atoms with van der Waals surface area (Å²) in [4.78, 5) is 9.13. The molecule has 0 aliphatic carbocycles. The number of anilines is 1. The van der Waals surface area contributed by atoms with E-state index >= 15 is 0 Å². The molecule has 1 aliphatic heterocycles. The van der Waals surface area contributed by atoms with E-state index < -0.39 is 5.60 Å². The van der Waals surface area contributed by atoms with Gasteiger partial charge in [-0.3, -0.25) is 4.90 Å². The highest BCUT2D eigenvalue weighted by atomic mass is 16.5. The Morgan fingerprint density at radius 1 is 1.21 bits per heavy atom. The molecule has 1 aliphatic rings. The van der Waals surface area contributed by atoms with Crippen LogP contribution in [0.5, 0.6) is 5.88 Å². The molecular formula is C19H35N3O2. The van der Waals surface area contributed by atoms with Gasteiger partial charge in [-0.2, -0.15) is 0 Å². The smallest absolute Gasteiger partial charge is 0.213 e. The van der Waals surface area contributed by atoms with Crippen molar-refractivity contribution in [3.63, 3.8) is 0 Å². The van der Waals surface area contributed by atoms with Gasteiger partial charge in [0.1, 0.15) is 0 Å². The molecule has 1 fully saturated rings. The van der Waals surface area contributed by atoms with Crippen molar-refractivity contribution < 1.29 is 9.84 Å². The zero-order valence-electron chi connectivity index (χ0n) is 16.2. The Kier molecular flexibility index (Phi) is 8.50. The third-order valence-corrected chi connectivity index (χ3v) is 4.09. The summed E-state index contributed by atoms with van der Waals surface area (Å²) < 4.78 is 5.10. The highest BCUT2D eigenvalue weighted by molar-refractivity contribution is 5.45. The van der Waals surface area contributed by atoms with Crippen LogP contribution in [0.2, 0.25) is 0 Å². The molecule has 0 radical (unpaired) electrons. The maximum Gasteiger partial charge on any atom is 0.213 e. The number of hydrogen-bond donors (Lipinski definition) is 1. The fourth-order valence-electron chi connectivity index (χ4n) is 3.23. The SMILES string of the molecule is CC.COc1ccc(N2CCN(CC(C)CC(C)(C)O)CC2)cn1. The van der Waals surface area contributed by atoms with Crippen LogP contribution in [0.15, 0.2) is 18.3 Å². The van der Waals surface area contributed by atoms with Gasteiger partial charge in [0.25, 0.3) is 0 Å². The molecule has 2 rings (SSSR count). The number of piperazine rings is 1. The molecule has 0 amide bonds. The second-order valence-corrected chi connectivity index (χ2v) is 6.97. The third kappa shape index (κ3) is 7.05. The van der Waals surface area contributed by atoms with Gasteiger partial charge in [-0.15, -0.1) is 0 Å². The Morgan fingerprint density at radius 2 is 1.83 bits per heavy atom. The van der Waals surface area contributed by atoms with Gasteiger partial charge in [-0.05, 0) is 32.3 Å². The Labute approximate surface area is 147 Å². The zero-order chi connectivity index (χ0) is 18.2. The lowest BCUT2D eigenvalue weighted by molar-refractivity contribution is 0.0477. The van der Waals surface area contributed by atoms with Crippen molar-refractivity contribution >= 4 is 5.69 Å². The van der Waals surface area contributed by atoms with Crippen LogP contribution in [0.1, 0.15) is 41.0 Å². The standard InChI is InChI=1S/C17H29N3O2.C2H6/c1-14(11-17(2,3)21)13-19-7-9-20(10-8-19)15-5-6-16(22-4)18-12-15;1-2/h5-6,12,14,21H,7-11,13H2,1-4H3;1-2H3. The summed E-state index contributed by atoms with van der Waals surface area (Å²) >= 11 is 0. The molecule has 1 aromatic rings. The summed E-state index contributed by atoms with van der Waals surface area (Å²) in [6.45, 7) is 15.2. The molecule has 138 valence electrons. The average Bonchev–Trinajstić information content (AvgIpc) is 2.56. The Hall–Kier alpha value is -1.33. The van der Waals surface area contributed by atoms with Crippen molar-refractivity contribution in [2.24, 2.45) is 5.92 Å². The van der Waals surface area contributed by atoms with E-state index in [9.17, 15) is 5.11 Å². The van der Waals surface area contributed by atoms with E-state index in [0.29, 0.717) is 11.8 Å². The lowest BCUT2D eigenvalue weighted by Gasteiger charge is -2.37. The summed E-state index contributed by atoms with van der Waals surface area (Å²) in [5, 5.41) is 9.91. The largest absolute Gasteiger partial charge is 0.481 e. The number of hydrogen-bond acceptors (Lipinski definition) is 5. The quantitative estimate of drug-likeness (QED) is 0.864. The highest BCUT2D eigenvalue weighted by Gasteiger charge is 2.22. The molecule has 5 heteroatoms. The fourth-order valence-corrected chi connectivity index (χ4v) is 3.23. The molecule has 5 nitrogen and oxygen atoms in total. The van der Waals surface area contributed by atoms with Gasteiger partial charge in [0.15, 0.2) is 0 Å². The van der Waals surface area contributed by atoms with E-state index in [0.717, 1.165) is 44.8 Å². The number of pyridine rings is 1. The minimum Gasteiger partial charge on any atom is -0.481 e. The van der Waals surface area contributed by atoms with Gasteiger partial charge in [-0.1, -0.05) is 20.8 Å². The maximum absolute atomic E-state index is 9.91. The Balaban J connectivity index is 0.00000139. The Morgan fingerprint density at radius 3 is 2.29 bits per heavy atom. The molecule has 0 spiro atoms. The fraction of sp³-hybridized carbons (Fsp3) is 0.737. The monoisotopic (exact) mass is 337 g/mol. The number of aliphatic hydroxyl groups is 1. The van der Waals surface area contributed by atoms with Gasteiger partial charge in [0.05, 0.1) is 24.6 Å². The molecule has 0 aromatic carbocycles. The third-order valence-electron chi connectivity index (χ3n) is 4.09. The van der Waals surface area contributed by atoms with Crippen LogP contribution < -0.4 is 9.64 Å². The molecule has 1 unspecified atom stereocenters. The van der Waals surface area contributed by atoms with E-state index in [-0.39, 0.29) is 0 Å². The van der Waals surface area contributed by atoms with Gasteiger partial charge < -0.3 is 14.7 Å². The molecule has 1 N–H and O–H groups in total. The second-order valence-electron chi connectivity index (χ2n) is 6.97. The summed E-state index contributed by atoms with van der Waals surface area (Å²) in [6.07, 6.45) is 2.72. The number of rotatable bonds is 6. The van der Waals surface area contributed by atoms with E-state index in [1.165, 1.54) is 0 Å². The minimum atomic E-state index is -0.573. The molecule has 1 atom stereocenters. The summed E-state index contributed by atoms with van der Waals surface area (Å²) in [5.74, 6) is 1.16. The summed E-state index contributed by atoms with van der Waals surface area (Å²) in [6, 6.07) is 3.98. The van der Waals surface area contributed by atoms with Crippen LogP contribution in [0.3, 0.4) is 0 Å². The van der Waals surface area contributed by atoms with Crippen molar-refractivity contribution in [1.82, 2.24) is 9.88 Å². The van der Waals surface area contributed by atoms with Gasteiger partial charge >= 0.3 is 0 Å². The Bertz CT molecular complexity index is 449. The number of methoxy groups -OCH3 is 1. The molecule has 2 heterocycles. The van der Waals surface area contributed by atoms with Gasteiger partial charge in [0.2, 0.25) is 5.88 Å². The number of aromatic nitrogens is 1. The first kappa shape index (κ1) is 20.7. The van der Waals surface area contributed by atoms with Gasteiger partial charge in [0, 0.05) is 38.8 Å². The van der Waals surface area contributed by atoms with Crippen LogP contribution in [0.4, 0.5) is 5.69 Å².